The quantitative estimate of drug-likeness (QED) is 0.339. The minimum absolute atomic E-state index is 0.231. The zero-order valence-electron chi connectivity index (χ0n) is 9.13. The summed E-state index contributed by atoms with van der Waals surface area (Å²) >= 11 is 0. The summed E-state index contributed by atoms with van der Waals surface area (Å²) in [6, 6.07) is 0. The minimum Gasteiger partial charge on any atom is -0.463 e. The Morgan fingerprint density at radius 2 is 1.86 bits per heavy atom. The molecule has 81 valence electrons. The van der Waals surface area contributed by atoms with E-state index in [4.69, 9.17) is 4.74 Å². The molecule has 0 saturated heterocycles. The molecule has 1 radical (unpaired) electrons. The SMILES string of the molecule is [CH2]CCCCCCCOC(=O)C=CC. The zero-order chi connectivity index (χ0) is 10.6. The van der Waals surface area contributed by atoms with Gasteiger partial charge in [-0.2, -0.15) is 0 Å². The molecule has 2 heteroatoms. The van der Waals surface area contributed by atoms with Crippen molar-refractivity contribution in [1.29, 1.82) is 0 Å². The third-order valence-electron chi connectivity index (χ3n) is 1.94. The van der Waals surface area contributed by atoms with Crippen LogP contribution in [0.3, 0.4) is 0 Å². The van der Waals surface area contributed by atoms with Gasteiger partial charge in [-0.25, -0.2) is 4.79 Å². The van der Waals surface area contributed by atoms with Gasteiger partial charge in [-0.3, -0.25) is 0 Å². The van der Waals surface area contributed by atoms with Gasteiger partial charge in [-0.1, -0.05) is 45.1 Å². The molecule has 0 aliphatic heterocycles. The average molecular weight is 197 g/mol. The Labute approximate surface area is 87.3 Å². The van der Waals surface area contributed by atoms with Crippen LogP contribution in [-0.4, -0.2) is 12.6 Å². The summed E-state index contributed by atoms with van der Waals surface area (Å²) in [4.78, 5) is 10.9. The number of unbranched alkanes of at least 4 members (excludes halogenated alkanes) is 5. The fraction of sp³-hybridized carbons (Fsp3) is 0.667. The van der Waals surface area contributed by atoms with E-state index in [2.05, 4.69) is 6.92 Å². The third-order valence-corrected chi connectivity index (χ3v) is 1.94. The van der Waals surface area contributed by atoms with Crippen LogP contribution in [0.5, 0.6) is 0 Å². The van der Waals surface area contributed by atoms with Gasteiger partial charge in [0.1, 0.15) is 0 Å². The van der Waals surface area contributed by atoms with Gasteiger partial charge in [0.2, 0.25) is 0 Å². The Morgan fingerprint density at radius 3 is 2.50 bits per heavy atom. The normalized spacial score (nSPS) is 10.7. The van der Waals surface area contributed by atoms with Crippen molar-refractivity contribution < 1.29 is 9.53 Å². The zero-order valence-corrected chi connectivity index (χ0v) is 9.13. The molecule has 0 spiro atoms. The van der Waals surface area contributed by atoms with Crippen molar-refractivity contribution in [2.24, 2.45) is 0 Å². The van der Waals surface area contributed by atoms with Crippen molar-refractivity contribution >= 4 is 5.97 Å². The highest BCUT2D eigenvalue weighted by Gasteiger charge is 1.95. The fourth-order valence-electron chi connectivity index (χ4n) is 1.17. The minimum atomic E-state index is -0.231. The van der Waals surface area contributed by atoms with Crippen molar-refractivity contribution in [3.63, 3.8) is 0 Å². The lowest BCUT2D eigenvalue weighted by molar-refractivity contribution is -0.137. The first-order valence-electron chi connectivity index (χ1n) is 5.40. The van der Waals surface area contributed by atoms with Crippen LogP contribution in [0.15, 0.2) is 12.2 Å². The van der Waals surface area contributed by atoms with Crippen LogP contribution in [0.2, 0.25) is 0 Å². The Kier molecular flexibility index (Phi) is 9.71. The number of carbonyl (C=O) groups excluding carboxylic acids is 1. The van der Waals surface area contributed by atoms with Crippen molar-refractivity contribution in [3.05, 3.63) is 19.1 Å². The molecule has 2 nitrogen and oxygen atoms in total. The number of carbonyl (C=O) groups is 1. The molecular weight excluding hydrogens is 176 g/mol. The Morgan fingerprint density at radius 1 is 1.21 bits per heavy atom. The second kappa shape index (κ2) is 10.3. The van der Waals surface area contributed by atoms with Gasteiger partial charge in [0.15, 0.2) is 0 Å². The van der Waals surface area contributed by atoms with Crippen LogP contribution in [-0.2, 0) is 9.53 Å². The highest BCUT2D eigenvalue weighted by atomic mass is 16.5. The fourth-order valence-corrected chi connectivity index (χ4v) is 1.17. The van der Waals surface area contributed by atoms with Gasteiger partial charge in [0.05, 0.1) is 6.61 Å². The molecule has 0 aliphatic rings. The van der Waals surface area contributed by atoms with E-state index in [0.29, 0.717) is 6.61 Å². The van der Waals surface area contributed by atoms with Gasteiger partial charge >= 0.3 is 5.97 Å². The van der Waals surface area contributed by atoms with E-state index in [1.54, 1.807) is 13.0 Å². The van der Waals surface area contributed by atoms with Crippen LogP contribution in [0.25, 0.3) is 0 Å². The largest absolute Gasteiger partial charge is 0.463 e. The molecule has 14 heavy (non-hydrogen) atoms. The molecule has 0 saturated carbocycles. The molecule has 0 aromatic carbocycles. The van der Waals surface area contributed by atoms with E-state index in [-0.39, 0.29) is 5.97 Å². The summed E-state index contributed by atoms with van der Waals surface area (Å²) in [7, 11) is 0. The maximum Gasteiger partial charge on any atom is 0.330 e. The molecule has 0 heterocycles. The topological polar surface area (TPSA) is 26.3 Å². The summed E-state index contributed by atoms with van der Waals surface area (Å²) in [6.45, 7) is 6.14. The van der Waals surface area contributed by atoms with E-state index in [0.717, 1.165) is 19.3 Å². The van der Waals surface area contributed by atoms with E-state index in [1.165, 1.54) is 25.3 Å². The molecule has 0 aromatic rings. The van der Waals surface area contributed by atoms with Crippen LogP contribution in [0, 0.1) is 6.92 Å². The molecule has 0 fully saturated rings. The monoisotopic (exact) mass is 197 g/mol. The Hall–Kier alpha value is -0.790. The number of rotatable bonds is 8. The molecule has 0 amide bonds. The summed E-state index contributed by atoms with van der Waals surface area (Å²) in [5, 5.41) is 0. The maximum absolute atomic E-state index is 10.9. The summed E-state index contributed by atoms with van der Waals surface area (Å²) < 4.78 is 4.95. The number of hydrogen-bond donors (Lipinski definition) is 0. The van der Waals surface area contributed by atoms with Crippen LogP contribution in [0.1, 0.15) is 45.4 Å². The highest BCUT2D eigenvalue weighted by Crippen LogP contribution is 2.04. The van der Waals surface area contributed by atoms with E-state index in [1.807, 2.05) is 0 Å². The van der Waals surface area contributed by atoms with E-state index in [9.17, 15) is 4.79 Å². The molecule has 0 atom stereocenters. The van der Waals surface area contributed by atoms with Gasteiger partial charge in [-0.15, -0.1) is 0 Å². The number of ether oxygens (including phenoxy) is 1. The van der Waals surface area contributed by atoms with Crippen molar-refractivity contribution in [2.45, 2.75) is 45.4 Å². The molecule has 0 N–H and O–H groups in total. The number of esters is 1. The van der Waals surface area contributed by atoms with Crippen LogP contribution >= 0.6 is 0 Å². The predicted molar refractivity (Wildman–Crippen MR) is 58.8 cm³/mol. The first-order chi connectivity index (χ1) is 6.81. The molecule has 0 aliphatic carbocycles. The second-order valence-electron chi connectivity index (χ2n) is 3.29. The first kappa shape index (κ1) is 13.2. The van der Waals surface area contributed by atoms with Crippen molar-refractivity contribution in [2.75, 3.05) is 6.61 Å². The Bertz CT molecular complexity index is 162. The molecule has 0 aromatic heterocycles. The summed E-state index contributed by atoms with van der Waals surface area (Å²) in [5.41, 5.74) is 0. The maximum atomic E-state index is 10.9. The van der Waals surface area contributed by atoms with Crippen molar-refractivity contribution in [3.8, 4) is 0 Å². The third kappa shape index (κ3) is 9.30. The predicted octanol–water partition coefficient (Wildman–Crippen LogP) is 3.28. The highest BCUT2D eigenvalue weighted by molar-refractivity contribution is 5.81. The molecule has 0 rings (SSSR count). The van der Waals surface area contributed by atoms with Crippen LogP contribution in [0.4, 0.5) is 0 Å². The van der Waals surface area contributed by atoms with E-state index >= 15 is 0 Å². The lowest BCUT2D eigenvalue weighted by Crippen LogP contribution is -2.01. The second-order valence-corrected chi connectivity index (χ2v) is 3.29. The smallest absolute Gasteiger partial charge is 0.330 e. The summed E-state index contributed by atoms with van der Waals surface area (Å²) in [6.07, 6.45) is 9.94. The standard InChI is InChI=1S/C12H21O2/c1-3-5-6-7-8-9-11-14-12(13)10-4-2/h4,10H,1,3,5-9,11H2,2H3. The lowest BCUT2D eigenvalue weighted by Gasteiger charge is -2.01. The molecular formula is C12H21O2. The van der Waals surface area contributed by atoms with Gasteiger partial charge in [0, 0.05) is 6.08 Å². The van der Waals surface area contributed by atoms with E-state index < -0.39 is 0 Å². The first-order valence-corrected chi connectivity index (χ1v) is 5.40. The van der Waals surface area contributed by atoms with Gasteiger partial charge < -0.3 is 4.74 Å². The average Bonchev–Trinajstić information content (AvgIpc) is 2.17. The molecule has 0 bridgehead atoms. The van der Waals surface area contributed by atoms with Gasteiger partial charge in [-0.05, 0) is 13.3 Å². The molecule has 0 unspecified atom stereocenters. The van der Waals surface area contributed by atoms with Crippen LogP contribution < -0.4 is 0 Å². The lowest BCUT2D eigenvalue weighted by atomic mass is 10.1. The van der Waals surface area contributed by atoms with Gasteiger partial charge in [0.25, 0.3) is 0 Å². The number of allylic oxidation sites excluding steroid dienone is 1. The number of hydrogen-bond acceptors (Lipinski definition) is 2. The van der Waals surface area contributed by atoms with Crippen molar-refractivity contribution in [1.82, 2.24) is 0 Å². The summed E-state index contributed by atoms with van der Waals surface area (Å²) in [5.74, 6) is -0.231. The Balaban J connectivity index is 3.09.